The maximum absolute atomic E-state index is 11.0. The number of hydrogen-bond donors (Lipinski definition) is 2. The van der Waals surface area contributed by atoms with Crippen molar-refractivity contribution in [1.82, 2.24) is 0 Å². The molecule has 3 nitrogen and oxygen atoms in total. The molecule has 0 spiro atoms. The molecule has 1 rings (SSSR count). The topological polar surface area (TPSA) is 57.5 Å². The van der Waals surface area contributed by atoms with Gasteiger partial charge in [-0.2, -0.15) is 0 Å². The van der Waals surface area contributed by atoms with Gasteiger partial charge >= 0.3 is 5.97 Å². The quantitative estimate of drug-likeness (QED) is 0.629. The number of rotatable bonds is 9. The van der Waals surface area contributed by atoms with Crippen molar-refractivity contribution in [3.05, 3.63) is 12.2 Å². The van der Waals surface area contributed by atoms with E-state index in [4.69, 9.17) is 5.11 Å². The highest BCUT2D eigenvalue weighted by Crippen LogP contribution is 2.43. The Bertz CT molecular complexity index is 311. The number of aliphatic hydroxyl groups is 1. The van der Waals surface area contributed by atoms with E-state index < -0.39 is 18.0 Å². The molecule has 1 saturated carbocycles. The number of allylic oxidation sites excluding steroid dienone is 2. The second kappa shape index (κ2) is 7.68. The Morgan fingerprint density at radius 3 is 2.53 bits per heavy atom. The molecule has 2 N–H and O–H groups in total. The van der Waals surface area contributed by atoms with E-state index in [1.54, 1.807) is 6.92 Å². The summed E-state index contributed by atoms with van der Waals surface area (Å²) in [4.78, 5) is 11.0. The van der Waals surface area contributed by atoms with Gasteiger partial charge in [0.2, 0.25) is 0 Å². The minimum Gasteiger partial charge on any atom is -0.481 e. The Morgan fingerprint density at radius 1 is 1.37 bits per heavy atom. The van der Waals surface area contributed by atoms with Gasteiger partial charge in [-0.25, -0.2) is 0 Å². The van der Waals surface area contributed by atoms with Crippen molar-refractivity contribution in [2.24, 2.45) is 23.7 Å². The zero-order valence-electron chi connectivity index (χ0n) is 12.4. The Morgan fingerprint density at radius 2 is 2.05 bits per heavy atom. The predicted octanol–water partition coefficient (Wildman–Crippen LogP) is 3.48. The van der Waals surface area contributed by atoms with Crippen LogP contribution in [0.25, 0.3) is 0 Å². The van der Waals surface area contributed by atoms with Gasteiger partial charge in [0.05, 0.1) is 12.0 Å². The lowest BCUT2D eigenvalue weighted by molar-refractivity contribution is -0.146. The van der Waals surface area contributed by atoms with Gasteiger partial charge in [0, 0.05) is 0 Å². The predicted molar refractivity (Wildman–Crippen MR) is 76.8 cm³/mol. The number of carboxylic acid groups (broad SMARTS) is 1. The SMILES string of the molecule is CCC1CC1C/C=C/C(C)C[C@@H](O)[C@@H](CC)C(=O)O. The van der Waals surface area contributed by atoms with Crippen LogP contribution in [-0.4, -0.2) is 22.3 Å². The van der Waals surface area contributed by atoms with E-state index in [9.17, 15) is 9.90 Å². The first-order valence-corrected chi connectivity index (χ1v) is 7.57. The van der Waals surface area contributed by atoms with Crippen LogP contribution in [0, 0.1) is 23.7 Å². The van der Waals surface area contributed by atoms with Crippen LogP contribution < -0.4 is 0 Å². The van der Waals surface area contributed by atoms with Crippen LogP contribution in [0.15, 0.2) is 12.2 Å². The molecule has 3 heteroatoms. The standard InChI is InChI=1S/C16H28O3/c1-4-12-10-13(12)8-6-7-11(3)9-15(17)14(5-2)16(18)19/h6-7,11-15,17H,4-5,8-10H2,1-3H3,(H,18,19)/b7-6+/t11?,12?,13?,14-,15-/m1/s1. The molecule has 0 aliphatic heterocycles. The molecule has 0 aromatic rings. The Hall–Kier alpha value is -0.830. The summed E-state index contributed by atoms with van der Waals surface area (Å²) in [6, 6.07) is 0. The van der Waals surface area contributed by atoms with E-state index in [2.05, 4.69) is 19.1 Å². The Balaban J connectivity index is 2.27. The summed E-state index contributed by atoms with van der Waals surface area (Å²) in [6.45, 7) is 6.09. The van der Waals surface area contributed by atoms with Crippen molar-refractivity contribution in [3.63, 3.8) is 0 Å². The van der Waals surface area contributed by atoms with Crippen molar-refractivity contribution >= 4 is 5.97 Å². The van der Waals surface area contributed by atoms with Crippen molar-refractivity contribution < 1.29 is 15.0 Å². The van der Waals surface area contributed by atoms with Crippen molar-refractivity contribution in [3.8, 4) is 0 Å². The summed E-state index contributed by atoms with van der Waals surface area (Å²) in [5.41, 5.74) is 0. The molecule has 1 fully saturated rings. The molecule has 1 aliphatic rings. The summed E-state index contributed by atoms with van der Waals surface area (Å²) < 4.78 is 0. The number of aliphatic hydroxyl groups excluding tert-OH is 1. The zero-order chi connectivity index (χ0) is 14.4. The van der Waals surface area contributed by atoms with Crippen molar-refractivity contribution in [2.45, 2.75) is 59.0 Å². The van der Waals surface area contributed by atoms with Gasteiger partial charge in [-0.3, -0.25) is 4.79 Å². The summed E-state index contributed by atoms with van der Waals surface area (Å²) in [5.74, 6) is 0.490. The average Bonchev–Trinajstić information content (AvgIpc) is 3.07. The molecule has 1 aliphatic carbocycles. The van der Waals surface area contributed by atoms with Gasteiger partial charge in [0.15, 0.2) is 0 Å². The second-order valence-corrected chi connectivity index (χ2v) is 5.96. The van der Waals surface area contributed by atoms with Crippen LogP contribution in [0.2, 0.25) is 0 Å². The third-order valence-electron chi connectivity index (χ3n) is 4.33. The monoisotopic (exact) mass is 268 g/mol. The maximum Gasteiger partial charge on any atom is 0.309 e. The third kappa shape index (κ3) is 5.35. The van der Waals surface area contributed by atoms with E-state index in [0.29, 0.717) is 12.8 Å². The highest BCUT2D eigenvalue weighted by atomic mass is 16.4. The van der Waals surface area contributed by atoms with Crippen LogP contribution in [0.5, 0.6) is 0 Å². The molecule has 5 atom stereocenters. The van der Waals surface area contributed by atoms with Gasteiger partial charge < -0.3 is 10.2 Å². The largest absolute Gasteiger partial charge is 0.481 e. The van der Waals surface area contributed by atoms with Crippen LogP contribution in [0.1, 0.15) is 52.9 Å². The minimum atomic E-state index is -0.894. The average molecular weight is 268 g/mol. The van der Waals surface area contributed by atoms with E-state index in [1.165, 1.54) is 12.8 Å². The van der Waals surface area contributed by atoms with Crippen LogP contribution in [0.4, 0.5) is 0 Å². The zero-order valence-corrected chi connectivity index (χ0v) is 12.4. The first-order valence-electron chi connectivity index (χ1n) is 7.57. The number of aliphatic carboxylic acids is 1. The van der Waals surface area contributed by atoms with Crippen LogP contribution in [0.3, 0.4) is 0 Å². The molecule has 3 unspecified atom stereocenters. The third-order valence-corrected chi connectivity index (χ3v) is 4.33. The highest BCUT2D eigenvalue weighted by Gasteiger charge is 2.33. The molecule has 0 heterocycles. The summed E-state index contributed by atoms with van der Waals surface area (Å²) in [5, 5.41) is 18.9. The molecule has 0 aromatic carbocycles. The number of hydrogen-bond acceptors (Lipinski definition) is 2. The lowest BCUT2D eigenvalue weighted by Crippen LogP contribution is -2.28. The van der Waals surface area contributed by atoms with E-state index >= 15 is 0 Å². The van der Waals surface area contributed by atoms with Gasteiger partial charge in [-0.05, 0) is 43.4 Å². The molecular weight excluding hydrogens is 240 g/mol. The summed E-state index contributed by atoms with van der Waals surface area (Å²) in [7, 11) is 0. The number of carbonyl (C=O) groups is 1. The van der Waals surface area contributed by atoms with Crippen LogP contribution in [-0.2, 0) is 4.79 Å². The molecule has 110 valence electrons. The van der Waals surface area contributed by atoms with Gasteiger partial charge in [0.25, 0.3) is 0 Å². The Labute approximate surface area is 116 Å². The fraction of sp³-hybridized carbons (Fsp3) is 0.812. The number of carboxylic acids is 1. The lowest BCUT2D eigenvalue weighted by Gasteiger charge is -2.19. The molecule has 0 bridgehead atoms. The first kappa shape index (κ1) is 16.2. The van der Waals surface area contributed by atoms with Gasteiger partial charge in [-0.15, -0.1) is 0 Å². The molecular formula is C16H28O3. The van der Waals surface area contributed by atoms with E-state index in [1.807, 2.05) is 6.92 Å². The molecule has 19 heavy (non-hydrogen) atoms. The molecule has 0 radical (unpaired) electrons. The first-order chi connectivity index (χ1) is 8.99. The Kier molecular flexibility index (Phi) is 6.56. The van der Waals surface area contributed by atoms with Gasteiger partial charge in [0.1, 0.15) is 0 Å². The summed E-state index contributed by atoms with van der Waals surface area (Å²) in [6.07, 6.45) is 8.37. The fourth-order valence-corrected chi connectivity index (χ4v) is 2.82. The van der Waals surface area contributed by atoms with Crippen molar-refractivity contribution in [1.29, 1.82) is 0 Å². The van der Waals surface area contributed by atoms with E-state index in [0.717, 1.165) is 18.3 Å². The van der Waals surface area contributed by atoms with E-state index in [-0.39, 0.29) is 5.92 Å². The minimum absolute atomic E-state index is 0.238. The normalized spacial score (nSPS) is 27.2. The van der Waals surface area contributed by atoms with Crippen LogP contribution >= 0.6 is 0 Å². The lowest BCUT2D eigenvalue weighted by atomic mass is 9.91. The molecule has 0 saturated heterocycles. The second-order valence-electron chi connectivity index (χ2n) is 5.96. The fourth-order valence-electron chi connectivity index (χ4n) is 2.82. The van der Waals surface area contributed by atoms with Gasteiger partial charge in [-0.1, -0.05) is 39.3 Å². The smallest absolute Gasteiger partial charge is 0.309 e. The van der Waals surface area contributed by atoms with Crippen molar-refractivity contribution in [2.75, 3.05) is 0 Å². The molecule has 0 aromatic heterocycles. The maximum atomic E-state index is 11.0. The molecule has 0 amide bonds. The summed E-state index contributed by atoms with van der Waals surface area (Å²) >= 11 is 0. The highest BCUT2D eigenvalue weighted by molar-refractivity contribution is 5.70.